The normalized spacial score (nSPS) is 17.3. The van der Waals surface area contributed by atoms with Crippen LogP contribution in [-0.4, -0.2) is 19.0 Å². The number of rotatable bonds is 4. The molecule has 0 nitrogen and oxygen atoms in total. The molecule has 0 heterocycles. The minimum atomic E-state index is -2.28. The van der Waals surface area contributed by atoms with E-state index in [2.05, 4.69) is 0 Å². The van der Waals surface area contributed by atoms with Gasteiger partial charge in [0.05, 0.1) is 6.67 Å². The first kappa shape index (κ1) is 8.72. The van der Waals surface area contributed by atoms with Crippen LogP contribution in [0.5, 0.6) is 0 Å². The molecule has 0 spiro atoms. The maximum Gasteiger partial charge on any atom is 0.168 e. The Kier molecular flexibility index (Phi) is 4.44. The average Bonchev–Trinajstić information content (AvgIpc) is 1.87. The average molecular weight is 143 g/mol. The number of alkyl halides is 3. The van der Waals surface area contributed by atoms with Crippen molar-refractivity contribution in [3.05, 3.63) is 6.67 Å². The van der Waals surface area contributed by atoms with E-state index in [-0.39, 0.29) is 0 Å². The molecule has 0 fully saturated rings. The molecule has 0 aliphatic heterocycles. The second-order valence-corrected chi connectivity index (χ2v) is 1.56. The highest BCUT2D eigenvalue weighted by Gasteiger charge is 2.19. The van der Waals surface area contributed by atoms with E-state index in [4.69, 9.17) is 0 Å². The first-order chi connectivity index (χ1) is 4.22. The lowest BCUT2D eigenvalue weighted by Crippen LogP contribution is -2.16. The summed E-state index contributed by atoms with van der Waals surface area (Å²) in [7, 11) is 0. The minimum Gasteiger partial charge on any atom is -0.251 e. The van der Waals surface area contributed by atoms with Crippen LogP contribution in [0.2, 0.25) is 0 Å². The summed E-state index contributed by atoms with van der Waals surface area (Å²) in [6.45, 7) is -1.38. The van der Waals surface area contributed by atoms with Gasteiger partial charge in [0, 0.05) is 6.42 Å². The number of hydrogen-bond acceptors (Lipinski definition) is 0. The Labute approximate surface area is 50.9 Å². The Morgan fingerprint density at radius 1 is 1.33 bits per heavy atom. The molecule has 0 aliphatic carbocycles. The summed E-state index contributed by atoms with van der Waals surface area (Å²) >= 11 is 0. The molecule has 0 aromatic rings. The predicted octanol–water partition coefficient (Wildman–Crippen LogP) is 2.15. The van der Waals surface area contributed by atoms with Crippen molar-refractivity contribution in [3.63, 3.8) is 0 Å². The fraction of sp³-hybridized carbons (Fsp3) is 0.800. The van der Waals surface area contributed by atoms with E-state index >= 15 is 0 Å². The molecule has 0 rings (SSSR count). The maximum absolute atomic E-state index is 11.9. The van der Waals surface area contributed by atoms with E-state index in [1.807, 2.05) is 0 Å². The van der Waals surface area contributed by atoms with E-state index in [1.165, 1.54) is 0 Å². The molecule has 0 aromatic heterocycles. The van der Waals surface area contributed by atoms with E-state index in [0.29, 0.717) is 0 Å². The van der Waals surface area contributed by atoms with Crippen LogP contribution in [0.15, 0.2) is 0 Å². The maximum atomic E-state index is 11.9. The largest absolute Gasteiger partial charge is 0.251 e. The standard InChI is InChI=1S/C5H7F4/c6-2-1-4(8)5(9)3-7/h3-5H,1-2H2. The van der Waals surface area contributed by atoms with Crippen LogP contribution in [-0.2, 0) is 0 Å². The fourth-order valence-electron chi connectivity index (χ4n) is 0.342. The van der Waals surface area contributed by atoms with Gasteiger partial charge in [0.1, 0.15) is 6.17 Å². The summed E-state index contributed by atoms with van der Waals surface area (Å²) in [4.78, 5) is 0. The SMILES string of the molecule is F[CH]C(F)C(F)CCF. The third-order valence-corrected chi connectivity index (χ3v) is 0.851. The number of hydrogen-bond donors (Lipinski definition) is 0. The zero-order valence-electron chi connectivity index (χ0n) is 4.66. The van der Waals surface area contributed by atoms with Crippen molar-refractivity contribution in [1.29, 1.82) is 0 Å². The van der Waals surface area contributed by atoms with Gasteiger partial charge in [-0.25, -0.2) is 13.2 Å². The molecule has 1 radical (unpaired) electrons. The highest BCUT2D eigenvalue weighted by atomic mass is 19.2. The zero-order valence-corrected chi connectivity index (χ0v) is 4.66. The van der Waals surface area contributed by atoms with Crippen molar-refractivity contribution in [2.75, 3.05) is 6.67 Å². The van der Waals surface area contributed by atoms with Gasteiger partial charge in [-0.15, -0.1) is 0 Å². The second kappa shape index (κ2) is 4.58. The molecule has 0 amide bonds. The molecular weight excluding hydrogens is 136 g/mol. The predicted molar refractivity (Wildman–Crippen MR) is 25.8 cm³/mol. The summed E-state index contributed by atoms with van der Waals surface area (Å²) in [5.41, 5.74) is 0. The second-order valence-electron chi connectivity index (χ2n) is 1.56. The molecule has 55 valence electrons. The van der Waals surface area contributed by atoms with Gasteiger partial charge in [-0.2, -0.15) is 0 Å². The molecule has 0 saturated carbocycles. The van der Waals surface area contributed by atoms with Crippen LogP contribution in [0.3, 0.4) is 0 Å². The Bertz CT molecular complexity index is 66.0. The van der Waals surface area contributed by atoms with Crippen LogP contribution < -0.4 is 0 Å². The molecule has 0 saturated heterocycles. The minimum absolute atomic E-state index is 0.416. The number of halogens is 4. The van der Waals surface area contributed by atoms with Gasteiger partial charge in [-0.05, 0) is 0 Å². The third-order valence-electron chi connectivity index (χ3n) is 0.851. The van der Waals surface area contributed by atoms with Crippen molar-refractivity contribution in [1.82, 2.24) is 0 Å². The Morgan fingerprint density at radius 3 is 2.22 bits per heavy atom. The summed E-state index contributed by atoms with van der Waals surface area (Å²) in [5, 5.41) is 0. The van der Waals surface area contributed by atoms with Crippen molar-refractivity contribution in [2.45, 2.75) is 18.8 Å². The van der Waals surface area contributed by atoms with Crippen LogP contribution in [0.1, 0.15) is 6.42 Å². The van der Waals surface area contributed by atoms with Crippen molar-refractivity contribution >= 4 is 0 Å². The lowest BCUT2D eigenvalue weighted by atomic mass is 10.2. The molecule has 9 heavy (non-hydrogen) atoms. The smallest absolute Gasteiger partial charge is 0.168 e. The van der Waals surface area contributed by atoms with Crippen LogP contribution in [0, 0.1) is 6.67 Å². The Hall–Kier alpha value is -0.280. The molecule has 0 aromatic carbocycles. The van der Waals surface area contributed by atoms with Crippen LogP contribution >= 0.6 is 0 Å². The summed E-state index contributed by atoms with van der Waals surface area (Å²) in [5.74, 6) is 0. The first-order valence-electron chi connectivity index (χ1n) is 2.50. The molecule has 0 bridgehead atoms. The van der Waals surface area contributed by atoms with Crippen LogP contribution in [0.4, 0.5) is 17.6 Å². The van der Waals surface area contributed by atoms with Gasteiger partial charge in [0.2, 0.25) is 0 Å². The topological polar surface area (TPSA) is 0 Å². The quantitative estimate of drug-likeness (QED) is 0.529. The highest BCUT2D eigenvalue weighted by Crippen LogP contribution is 2.11. The Balaban J connectivity index is 3.32. The zero-order chi connectivity index (χ0) is 7.28. The summed E-state index contributed by atoms with van der Waals surface area (Å²) in [6.07, 6.45) is -4.90. The lowest BCUT2D eigenvalue weighted by Gasteiger charge is -2.05. The highest BCUT2D eigenvalue weighted by molar-refractivity contribution is 4.73. The Morgan fingerprint density at radius 2 is 1.89 bits per heavy atom. The third kappa shape index (κ3) is 3.32. The molecular formula is C5H7F4. The molecule has 0 N–H and O–H groups in total. The molecule has 0 aliphatic rings. The van der Waals surface area contributed by atoms with Crippen molar-refractivity contribution < 1.29 is 17.6 Å². The van der Waals surface area contributed by atoms with Gasteiger partial charge in [-0.3, -0.25) is 4.39 Å². The fourth-order valence-corrected chi connectivity index (χ4v) is 0.342. The van der Waals surface area contributed by atoms with E-state index in [9.17, 15) is 17.6 Å². The first-order valence-corrected chi connectivity index (χ1v) is 2.50. The molecule has 2 unspecified atom stereocenters. The van der Waals surface area contributed by atoms with Gasteiger partial charge in [0.15, 0.2) is 12.8 Å². The van der Waals surface area contributed by atoms with Gasteiger partial charge in [-0.1, -0.05) is 0 Å². The van der Waals surface area contributed by atoms with Gasteiger partial charge >= 0.3 is 0 Å². The van der Waals surface area contributed by atoms with E-state index < -0.39 is 32.1 Å². The molecule has 4 heteroatoms. The van der Waals surface area contributed by atoms with Gasteiger partial charge in [0.25, 0.3) is 0 Å². The summed E-state index contributed by atoms with van der Waals surface area (Å²) in [6, 6.07) is 0. The molecule has 2 atom stereocenters. The van der Waals surface area contributed by atoms with Crippen LogP contribution in [0.25, 0.3) is 0 Å². The van der Waals surface area contributed by atoms with Gasteiger partial charge < -0.3 is 0 Å². The van der Waals surface area contributed by atoms with E-state index in [0.717, 1.165) is 0 Å². The summed E-state index contributed by atoms with van der Waals surface area (Å²) < 4.78 is 45.9. The monoisotopic (exact) mass is 143 g/mol. The lowest BCUT2D eigenvalue weighted by molar-refractivity contribution is 0.151. The van der Waals surface area contributed by atoms with Crippen molar-refractivity contribution in [2.24, 2.45) is 0 Å². The van der Waals surface area contributed by atoms with E-state index in [1.54, 1.807) is 0 Å². The van der Waals surface area contributed by atoms with Crippen molar-refractivity contribution in [3.8, 4) is 0 Å².